The first-order valence-corrected chi connectivity index (χ1v) is 8.19. The predicted molar refractivity (Wildman–Crippen MR) is 89.4 cm³/mol. The van der Waals surface area contributed by atoms with E-state index in [1.807, 2.05) is 0 Å². The summed E-state index contributed by atoms with van der Waals surface area (Å²) in [4.78, 5) is 2.42. The summed E-state index contributed by atoms with van der Waals surface area (Å²) in [6, 6.07) is 0. The van der Waals surface area contributed by atoms with Crippen LogP contribution < -0.4 is 5.32 Å². The highest BCUT2D eigenvalue weighted by molar-refractivity contribution is 4.85. The molecule has 1 N–H and O–H groups in total. The fourth-order valence-corrected chi connectivity index (χ4v) is 2.33. The van der Waals surface area contributed by atoms with Gasteiger partial charge >= 0.3 is 0 Å². The zero-order chi connectivity index (χ0) is 15.8. The molecule has 3 heteroatoms. The van der Waals surface area contributed by atoms with Crippen LogP contribution in [0, 0.1) is 5.41 Å². The van der Waals surface area contributed by atoms with Crippen molar-refractivity contribution in [3.8, 4) is 0 Å². The maximum atomic E-state index is 5.65. The molecule has 0 aromatic heterocycles. The van der Waals surface area contributed by atoms with Crippen molar-refractivity contribution >= 4 is 0 Å². The van der Waals surface area contributed by atoms with Gasteiger partial charge in [-0.1, -0.05) is 13.8 Å². The van der Waals surface area contributed by atoms with E-state index in [1.165, 1.54) is 12.8 Å². The van der Waals surface area contributed by atoms with Crippen LogP contribution >= 0.6 is 0 Å². The number of ether oxygens (including phenoxy) is 1. The third-order valence-corrected chi connectivity index (χ3v) is 4.02. The van der Waals surface area contributed by atoms with Gasteiger partial charge < -0.3 is 15.0 Å². The Morgan fingerprint density at radius 1 is 1.10 bits per heavy atom. The summed E-state index contributed by atoms with van der Waals surface area (Å²) in [6.07, 6.45) is 2.75. The van der Waals surface area contributed by atoms with Gasteiger partial charge in [0, 0.05) is 25.2 Å². The molecule has 0 spiro atoms. The number of hydrogen-bond donors (Lipinski definition) is 1. The topological polar surface area (TPSA) is 24.5 Å². The normalized spacial score (nSPS) is 13.5. The fourth-order valence-electron chi connectivity index (χ4n) is 2.33. The lowest BCUT2D eigenvalue weighted by molar-refractivity contribution is 0.0517. The highest BCUT2D eigenvalue weighted by atomic mass is 16.5. The molecular weight excluding hydrogens is 248 g/mol. The average Bonchev–Trinajstić information content (AvgIpc) is 2.33. The highest BCUT2D eigenvalue weighted by Crippen LogP contribution is 2.27. The van der Waals surface area contributed by atoms with Crippen LogP contribution in [0.25, 0.3) is 0 Å². The Labute approximate surface area is 127 Å². The van der Waals surface area contributed by atoms with Crippen molar-refractivity contribution in [2.45, 2.75) is 73.0 Å². The molecule has 20 heavy (non-hydrogen) atoms. The number of nitrogens with one attached hydrogen (secondary N) is 1. The summed E-state index contributed by atoms with van der Waals surface area (Å²) >= 11 is 0. The Morgan fingerprint density at radius 2 is 1.65 bits per heavy atom. The molecule has 0 aliphatic heterocycles. The molecule has 0 bridgehead atoms. The van der Waals surface area contributed by atoms with E-state index in [9.17, 15) is 0 Å². The number of rotatable bonds is 10. The van der Waals surface area contributed by atoms with Crippen LogP contribution in [0.3, 0.4) is 0 Å². The Hall–Kier alpha value is -0.120. The third-order valence-electron chi connectivity index (χ3n) is 4.02. The number of likely N-dealkylation sites (N-methyl/N-ethyl adjacent to an activating group) is 1. The zero-order valence-corrected chi connectivity index (χ0v) is 15.2. The second kappa shape index (κ2) is 9.01. The first-order valence-electron chi connectivity index (χ1n) is 8.19. The predicted octanol–water partition coefficient (Wildman–Crippen LogP) is 3.54. The van der Waals surface area contributed by atoms with Gasteiger partial charge in [-0.05, 0) is 59.9 Å². The van der Waals surface area contributed by atoms with E-state index in [2.05, 4.69) is 65.7 Å². The lowest BCUT2D eigenvalue weighted by Gasteiger charge is -2.38. The monoisotopic (exact) mass is 286 g/mol. The Balaban J connectivity index is 4.36. The van der Waals surface area contributed by atoms with Gasteiger partial charge in [0.05, 0.1) is 12.7 Å². The second-order valence-electron chi connectivity index (χ2n) is 7.47. The third kappa shape index (κ3) is 8.93. The molecule has 0 fully saturated rings. The minimum atomic E-state index is 0.189. The van der Waals surface area contributed by atoms with Crippen LogP contribution in [0.2, 0.25) is 0 Å². The zero-order valence-electron chi connectivity index (χ0n) is 15.2. The van der Waals surface area contributed by atoms with Crippen LogP contribution in [0.1, 0.15) is 61.3 Å². The van der Waals surface area contributed by atoms with Crippen LogP contribution in [-0.2, 0) is 4.74 Å². The molecule has 0 aliphatic rings. The van der Waals surface area contributed by atoms with Crippen molar-refractivity contribution in [2.24, 2.45) is 5.41 Å². The second-order valence-corrected chi connectivity index (χ2v) is 7.47. The fraction of sp³-hybridized carbons (Fsp3) is 1.00. The summed E-state index contributed by atoms with van der Waals surface area (Å²) in [5.74, 6) is 0. The smallest absolute Gasteiger partial charge is 0.0596 e. The molecule has 0 amide bonds. The summed E-state index contributed by atoms with van der Waals surface area (Å²) in [6.45, 7) is 19.6. The van der Waals surface area contributed by atoms with Crippen molar-refractivity contribution in [1.29, 1.82) is 0 Å². The van der Waals surface area contributed by atoms with E-state index < -0.39 is 0 Å². The van der Waals surface area contributed by atoms with Crippen molar-refractivity contribution in [1.82, 2.24) is 10.2 Å². The highest BCUT2D eigenvalue weighted by Gasteiger charge is 2.29. The van der Waals surface area contributed by atoms with Crippen LogP contribution in [0.15, 0.2) is 0 Å². The summed E-state index contributed by atoms with van der Waals surface area (Å²) < 4.78 is 5.65. The van der Waals surface area contributed by atoms with Gasteiger partial charge in [0.15, 0.2) is 0 Å². The molecule has 0 aromatic carbocycles. The van der Waals surface area contributed by atoms with Gasteiger partial charge in [0.25, 0.3) is 0 Å². The van der Waals surface area contributed by atoms with Gasteiger partial charge in [-0.3, -0.25) is 0 Å². The molecule has 0 radical (unpaired) electrons. The van der Waals surface area contributed by atoms with E-state index in [4.69, 9.17) is 4.74 Å². The largest absolute Gasteiger partial charge is 0.377 e. The number of nitrogens with zero attached hydrogens (tertiary/aromatic N) is 1. The minimum Gasteiger partial charge on any atom is -0.377 e. The van der Waals surface area contributed by atoms with Gasteiger partial charge in [-0.2, -0.15) is 0 Å². The lowest BCUT2D eigenvalue weighted by atomic mass is 9.81. The summed E-state index contributed by atoms with van der Waals surface area (Å²) in [5.41, 5.74) is 0.550. The Kier molecular flexibility index (Phi) is 8.96. The van der Waals surface area contributed by atoms with Crippen LogP contribution in [-0.4, -0.2) is 49.8 Å². The Bertz CT molecular complexity index is 242. The summed E-state index contributed by atoms with van der Waals surface area (Å²) in [5, 5.41) is 3.69. The van der Waals surface area contributed by atoms with E-state index in [0.717, 1.165) is 26.2 Å². The van der Waals surface area contributed by atoms with Crippen molar-refractivity contribution < 1.29 is 4.74 Å². The molecule has 0 unspecified atom stereocenters. The number of hydrogen-bond acceptors (Lipinski definition) is 3. The average molecular weight is 287 g/mol. The van der Waals surface area contributed by atoms with Gasteiger partial charge in [-0.25, -0.2) is 0 Å². The molecule has 0 atom stereocenters. The lowest BCUT2D eigenvalue weighted by Crippen LogP contribution is -2.48. The van der Waals surface area contributed by atoms with Crippen molar-refractivity contribution in [3.63, 3.8) is 0 Å². The standard InChI is InChI=1S/C17H38N2O/c1-9-17(10-2,13-18-16(5,6)7)14-19(8)11-12-20-15(3)4/h15,18H,9-14H2,1-8H3. The molecule has 0 aromatic rings. The van der Waals surface area contributed by atoms with E-state index >= 15 is 0 Å². The first kappa shape index (κ1) is 19.9. The maximum Gasteiger partial charge on any atom is 0.0596 e. The van der Waals surface area contributed by atoms with E-state index in [0.29, 0.717) is 11.5 Å². The molecule has 0 heterocycles. The molecular formula is C17H38N2O. The maximum absolute atomic E-state index is 5.65. The van der Waals surface area contributed by atoms with Crippen LogP contribution in [0.4, 0.5) is 0 Å². The molecule has 0 saturated carbocycles. The molecule has 122 valence electrons. The van der Waals surface area contributed by atoms with Crippen molar-refractivity contribution in [2.75, 3.05) is 33.3 Å². The Morgan fingerprint density at radius 3 is 2.05 bits per heavy atom. The first-order chi connectivity index (χ1) is 9.14. The SMILES string of the molecule is CCC(CC)(CNC(C)(C)C)CN(C)CCOC(C)C. The van der Waals surface area contributed by atoms with E-state index in [1.54, 1.807) is 0 Å². The molecule has 3 nitrogen and oxygen atoms in total. The van der Waals surface area contributed by atoms with Gasteiger partial charge in [0.2, 0.25) is 0 Å². The van der Waals surface area contributed by atoms with Crippen LogP contribution in [0.5, 0.6) is 0 Å². The van der Waals surface area contributed by atoms with Gasteiger partial charge in [0.1, 0.15) is 0 Å². The molecule has 0 saturated heterocycles. The van der Waals surface area contributed by atoms with E-state index in [-0.39, 0.29) is 5.54 Å². The quantitative estimate of drug-likeness (QED) is 0.665. The molecule has 0 rings (SSSR count). The molecule has 0 aliphatic carbocycles. The minimum absolute atomic E-state index is 0.189. The van der Waals surface area contributed by atoms with Crippen molar-refractivity contribution in [3.05, 3.63) is 0 Å². The van der Waals surface area contributed by atoms with Gasteiger partial charge in [-0.15, -0.1) is 0 Å². The summed E-state index contributed by atoms with van der Waals surface area (Å²) in [7, 11) is 2.21.